The molecule has 0 aliphatic carbocycles. The fourth-order valence-corrected chi connectivity index (χ4v) is 0.516. The van der Waals surface area contributed by atoms with E-state index in [4.69, 9.17) is 5.26 Å². The fraction of sp³-hybridized carbons (Fsp3) is 0.200. The molecule has 1 N–H and O–H groups in total. The van der Waals surface area contributed by atoms with E-state index in [9.17, 15) is 0 Å². The molecular formula is C5H6N3+. The molecule has 1 aromatic rings. The minimum atomic E-state index is 0.574. The highest BCUT2D eigenvalue weighted by Crippen LogP contribution is 1.76. The van der Waals surface area contributed by atoms with Gasteiger partial charge in [-0.2, -0.15) is 5.26 Å². The average Bonchev–Trinajstić information content (AvgIpc) is 2.14. The molecule has 1 rings (SSSR count). The quantitative estimate of drug-likeness (QED) is 0.456. The zero-order chi connectivity index (χ0) is 5.98. The first kappa shape index (κ1) is 4.85. The first-order chi connectivity index (χ1) is 3.84. The first-order valence-corrected chi connectivity index (χ1v) is 2.27. The Morgan fingerprint density at radius 3 is 2.88 bits per heavy atom. The Hall–Kier alpha value is -1.30. The van der Waals surface area contributed by atoms with E-state index in [0.717, 1.165) is 0 Å². The van der Waals surface area contributed by atoms with Crippen molar-refractivity contribution in [3.63, 3.8) is 0 Å². The van der Waals surface area contributed by atoms with Crippen LogP contribution in [0, 0.1) is 11.3 Å². The SMILES string of the molecule is C[n+]1cc[nH]c1C#N. The van der Waals surface area contributed by atoms with E-state index >= 15 is 0 Å². The molecule has 0 radical (unpaired) electrons. The number of aromatic nitrogens is 2. The zero-order valence-corrected chi connectivity index (χ0v) is 4.55. The molecule has 0 fully saturated rings. The van der Waals surface area contributed by atoms with Crippen LogP contribution in [0.3, 0.4) is 0 Å². The summed E-state index contributed by atoms with van der Waals surface area (Å²) in [6.07, 6.45) is 3.51. The Morgan fingerprint density at radius 1 is 1.88 bits per heavy atom. The highest BCUT2D eigenvalue weighted by atomic mass is 15.0. The minimum Gasteiger partial charge on any atom is -0.234 e. The molecule has 0 unspecified atom stereocenters. The summed E-state index contributed by atoms with van der Waals surface area (Å²) in [6.45, 7) is 0. The van der Waals surface area contributed by atoms with Crippen LogP contribution < -0.4 is 4.57 Å². The van der Waals surface area contributed by atoms with E-state index in [0.29, 0.717) is 5.82 Å². The van der Waals surface area contributed by atoms with E-state index in [1.54, 1.807) is 17.0 Å². The van der Waals surface area contributed by atoms with E-state index in [-0.39, 0.29) is 0 Å². The van der Waals surface area contributed by atoms with Crippen molar-refractivity contribution in [3.05, 3.63) is 18.2 Å². The summed E-state index contributed by atoms with van der Waals surface area (Å²) in [4.78, 5) is 2.76. The van der Waals surface area contributed by atoms with Gasteiger partial charge in [0.05, 0.1) is 7.05 Å². The van der Waals surface area contributed by atoms with Crippen molar-refractivity contribution in [2.45, 2.75) is 0 Å². The van der Waals surface area contributed by atoms with Crippen LogP contribution >= 0.6 is 0 Å². The monoisotopic (exact) mass is 108 g/mol. The topological polar surface area (TPSA) is 43.5 Å². The molecule has 3 nitrogen and oxygen atoms in total. The maximum atomic E-state index is 8.31. The number of imidazole rings is 1. The third-order valence-electron chi connectivity index (χ3n) is 0.977. The zero-order valence-electron chi connectivity index (χ0n) is 4.55. The Morgan fingerprint density at radius 2 is 2.62 bits per heavy atom. The average molecular weight is 108 g/mol. The second-order valence-electron chi connectivity index (χ2n) is 1.53. The van der Waals surface area contributed by atoms with Gasteiger partial charge in [0.25, 0.3) is 0 Å². The van der Waals surface area contributed by atoms with Gasteiger partial charge in [-0.15, -0.1) is 0 Å². The number of nitrogens with zero attached hydrogens (tertiary/aromatic N) is 2. The fourth-order valence-electron chi connectivity index (χ4n) is 0.516. The molecule has 0 aliphatic heterocycles. The summed E-state index contributed by atoms with van der Waals surface area (Å²) in [7, 11) is 1.81. The summed E-state index contributed by atoms with van der Waals surface area (Å²) in [5.74, 6) is 0.574. The summed E-state index contributed by atoms with van der Waals surface area (Å²) in [5.41, 5.74) is 0. The molecule has 0 bridgehead atoms. The van der Waals surface area contributed by atoms with Crippen LogP contribution in [0.2, 0.25) is 0 Å². The Bertz CT molecular complexity index is 218. The number of hydrogen-bond donors (Lipinski definition) is 1. The van der Waals surface area contributed by atoms with Crippen molar-refractivity contribution in [3.8, 4) is 6.07 Å². The number of H-pyrrole nitrogens is 1. The van der Waals surface area contributed by atoms with Crippen LogP contribution in [-0.4, -0.2) is 4.98 Å². The summed E-state index contributed by atoms with van der Waals surface area (Å²) in [5, 5.41) is 8.31. The molecule has 1 aromatic heterocycles. The normalized spacial score (nSPS) is 8.50. The van der Waals surface area contributed by atoms with Crippen molar-refractivity contribution in [2.75, 3.05) is 0 Å². The lowest BCUT2D eigenvalue weighted by molar-refractivity contribution is -0.672. The lowest BCUT2D eigenvalue weighted by atomic mass is 10.7. The molecule has 0 saturated carbocycles. The number of nitrogens with one attached hydrogen (secondary N) is 1. The number of hydrogen-bond acceptors (Lipinski definition) is 1. The van der Waals surface area contributed by atoms with Gasteiger partial charge in [0.2, 0.25) is 0 Å². The van der Waals surface area contributed by atoms with Crippen LogP contribution in [0.4, 0.5) is 0 Å². The minimum absolute atomic E-state index is 0.574. The highest BCUT2D eigenvalue weighted by Gasteiger charge is 2.00. The Balaban J connectivity index is 3.15. The summed E-state index contributed by atoms with van der Waals surface area (Å²) in [6, 6.07) is 1.98. The third-order valence-corrected chi connectivity index (χ3v) is 0.977. The second-order valence-corrected chi connectivity index (χ2v) is 1.53. The maximum absolute atomic E-state index is 8.31. The number of rotatable bonds is 0. The lowest BCUT2D eigenvalue weighted by Gasteiger charge is -1.74. The summed E-state index contributed by atoms with van der Waals surface area (Å²) >= 11 is 0. The molecule has 3 heteroatoms. The van der Waals surface area contributed by atoms with Crippen LogP contribution in [0.25, 0.3) is 0 Å². The van der Waals surface area contributed by atoms with Crippen molar-refractivity contribution >= 4 is 0 Å². The predicted molar refractivity (Wildman–Crippen MR) is 26.7 cm³/mol. The van der Waals surface area contributed by atoms with Crippen LogP contribution in [0.5, 0.6) is 0 Å². The van der Waals surface area contributed by atoms with Crippen LogP contribution in [0.15, 0.2) is 12.4 Å². The van der Waals surface area contributed by atoms with Gasteiger partial charge in [-0.05, 0) is 0 Å². The molecule has 0 aromatic carbocycles. The largest absolute Gasteiger partial charge is 0.359 e. The van der Waals surface area contributed by atoms with Crippen LogP contribution in [0.1, 0.15) is 5.82 Å². The molecule has 0 saturated heterocycles. The molecular weight excluding hydrogens is 102 g/mol. The summed E-state index contributed by atoms with van der Waals surface area (Å²) < 4.78 is 1.72. The predicted octanol–water partition coefficient (Wildman–Crippen LogP) is -0.289. The molecule has 0 aliphatic rings. The van der Waals surface area contributed by atoms with Gasteiger partial charge < -0.3 is 0 Å². The Kier molecular flexibility index (Phi) is 1.01. The van der Waals surface area contributed by atoms with Gasteiger partial charge in [-0.3, -0.25) is 0 Å². The van der Waals surface area contributed by atoms with E-state index in [2.05, 4.69) is 4.98 Å². The molecule has 8 heavy (non-hydrogen) atoms. The molecule has 0 amide bonds. The molecule has 0 spiro atoms. The third kappa shape index (κ3) is 0.562. The van der Waals surface area contributed by atoms with Gasteiger partial charge in [0.15, 0.2) is 6.07 Å². The van der Waals surface area contributed by atoms with Gasteiger partial charge in [-0.1, -0.05) is 0 Å². The number of aromatic amines is 1. The van der Waals surface area contributed by atoms with Crippen molar-refractivity contribution in [1.82, 2.24) is 4.98 Å². The standard InChI is InChI=1S/C5H5N3/c1-8-3-2-7-5(8)4-6/h2-3H,1H3/p+1. The first-order valence-electron chi connectivity index (χ1n) is 2.27. The van der Waals surface area contributed by atoms with E-state index in [1.165, 1.54) is 0 Å². The molecule has 40 valence electrons. The van der Waals surface area contributed by atoms with Crippen molar-refractivity contribution < 1.29 is 4.57 Å². The molecule has 0 atom stereocenters. The molecule has 1 heterocycles. The van der Waals surface area contributed by atoms with Crippen LogP contribution in [-0.2, 0) is 7.05 Å². The maximum Gasteiger partial charge on any atom is 0.359 e. The number of nitriles is 1. The van der Waals surface area contributed by atoms with Crippen molar-refractivity contribution in [1.29, 1.82) is 5.26 Å². The van der Waals surface area contributed by atoms with Gasteiger partial charge in [-0.25, -0.2) is 9.55 Å². The van der Waals surface area contributed by atoms with E-state index in [1.807, 2.05) is 13.1 Å². The van der Waals surface area contributed by atoms with Crippen molar-refractivity contribution in [2.24, 2.45) is 7.05 Å². The van der Waals surface area contributed by atoms with Gasteiger partial charge in [0, 0.05) is 0 Å². The lowest BCUT2D eigenvalue weighted by Crippen LogP contribution is -2.28. The highest BCUT2D eigenvalue weighted by molar-refractivity contribution is 5.00. The smallest absolute Gasteiger partial charge is 0.234 e. The van der Waals surface area contributed by atoms with Gasteiger partial charge in [0.1, 0.15) is 12.4 Å². The number of aryl methyl sites for hydroxylation is 1. The second kappa shape index (κ2) is 1.66. The van der Waals surface area contributed by atoms with E-state index < -0.39 is 0 Å². The van der Waals surface area contributed by atoms with Gasteiger partial charge >= 0.3 is 5.82 Å². The Labute approximate surface area is 47.2 Å².